The molecule has 0 saturated heterocycles. The molecule has 1 aromatic rings. The number of aryl methyl sites for hydroxylation is 2. The van der Waals surface area contributed by atoms with Gasteiger partial charge in [0.15, 0.2) is 0 Å². The minimum atomic E-state index is -0.472. The largest absolute Gasteiger partial charge is 0.458 e. The maximum atomic E-state index is 13.0. The van der Waals surface area contributed by atoms with Gasteiger partial charge in [0.2, 0.25) is 0 Å². The fraction of sp³-hybridized carbons (Fsp3) is 0.667. The number of hydrogen-bond donors (Lipinski definition) is 0. The van der Waals surface area contributed by atoms with Gasteiger partial charge in [-0.15, -0.1) is 0 Å². The number of hydrogen-bond acceptors (Lipinski definition) is 4. The molecule has 0 amide bonds. The lowest BCUT2D eigenvalue weighted by Crippen LogP contribution is -2.33. The monoisotopic (exact) mass is 390 g/mol. The highest BCUT2D eigenvalue weighted by Crippen LogP contribution is 2.29. The molecule has 0 N–H and O–H groups in total. The Kier molecular flexibility index (Phi) is 7.87. The smallest absolute Gasteiger partial charge is 0.339 e. The van der Waals surface area contributed by atoms with Gasteiger partial charge in [0.1, 0.15) is 12.2 Å². The van der Waals surface area contributed by atoms with E-state index in [0.717, 1.165) is 11.1 Å². The summed E-state index contributed by atoms with van der Waals surface area (Å²) in [6.45, 7) is 20.1. The van der Waals surface area contributed by atoms with Crippen molar-refractivity contribution in [3.63, 3.8) is 0 Å². The van der Waals surface area contributed by atoms with E-state index >= 15 is 0 Å². The molecule has 0 spiro atoms. The Morgan fingerprint density at radius 3 is 1.25 bits per heavy atom. The van der Waals surface area contributed by atoms with Crippen LogP contribution in [0.4, 0.5) is 0 Å². The van der Waals surface area contributed by atoms with Crippen molar-refractivity contribution >= 4 is 11.9 Å². The maximum Gasteiger partial charge on any atom is 0.339 e. The molecule has 2 atom stereocenters. The third kappa shape index (κ3) is 6.08. The third-order valence-corrected chi connectivity index (χ3v) is 5.25. The van der Waals surface area contributed by atoms with Gasteiger partial charge in [0.25, 0.3) is 0 Å². The topological polar surface area (TPSA) is 52.6 Å². The van der Waals surface area contributed by atoms with E-state index in [4.69, 9.17) is 9.47 Å². The van der Waals surface area contributed by atoms with E-state index in [-0.39, 0.29) is 34.2 Å². The van der Waals surface area contributed by atoms with Crippen molar-refractivity contribution < 1.29 is 19.1 Å². The van der Waals surface area contributed by atoms with Gasteiger partial charge in [-0.05, 0) is 60.8 Å². The molecule has 0 aliphatic carbocycles. The lowest BCUT2D eigenvalue weighted by atomic mass is 9.87. The van der Waals surface area contributed by atoms with Crippen LogP contribution in [-0.4, -0.2) is 24.1 Å². The predicted molar refractivity (Wildman–Crippen MR) is 114 cm³/mol. The second-order valence-electron chi connectivity index (χ2n) is 9.82. The van der Waals surface area contributed by atoms with Crippen molar-refractivity contribution in [2.75, 3.05) is 0 Å². The van der Waals surface area contributed by atoms with E-state index in [1.807, 2.05) is 69.2 Å². The van der Waals surface area contributed by atoms with Crippen LogP contribution >= 0.6 is 0 Å². The highest BCUT2D eigenvalue weighted by atomic mass is 16.6. The molecule has 0 aromatic heterocycles. The molecule has 1 aromatic carbocycles. The molecular formula is C24H38O4. The van der Waals surface area contributed by atoms with E-state index < -0.39 is 11.9 Å². The molecule has 0 bridgehead atoms. The Morgan fingerprint density at radius 2 is 1.04 bits per heavy atom. The molecule has 0 saturated carbocycles. The maximum absolute atomic E-state index is 13.0. The zero-order valence-corrected chi connectivity index (χ0v) is 19.4. The lowest BCUT2D eigenvalue weighted by molar-refractivity contribution is -0.00793. The quantitative estimate of drug-likeness (QED) is 0.537. The summed E-state index contributed by atoms with van der Waals surface area (Å²) in [7, 11) is 0. The first-order valence-corrected chi connectivity index (χ1v) is 10.3. The zero-order chi connectivity index (χ0) is 21.9. The predicted octanol–water partition coefficient (Wildman–Crippen LogP) is 6.27. The first-order valence-electron chi connectivity index (χ1n) is 10.3. The van der Waals surface area contributed by atoms with Gasteiger partial charge in [-0.1, -0.05) is 55.4 Å². The molecule has 0 aliphatic rings. The van der Waals surface area contributed by atoms with Gasteiger partial charge in [0.05, 0.1) is 11.1 Å². The fourth-order valence-corrected chi connectivity index (χ4v) is 3.28. The van der Waals surface area contributed by atoms with Crippen LogP contribution in [0, 0.1) is 24.7 Å². The van der Waals surface area contributed by atoms with Crippen LogP contribution in [0.1, 0.15) is 100 Å². The average molecular weight is 391 g/mol. The van der Waals surface area contributed by atoms with Crippen molar-refractivity contribution in [1.82, 2.24) is 0 Å². The van der Waals surface area contributed by atoms with Crippen LogP contribution in [0.5, 0.6) is 0 Å². The fourth-order valence-electron chi connectivity index (χ4n) is 3.28. The number of esters is 2. The van der Waals surface area contributed by atoms with Gasteiger partial charge in [-0.25, -0.2) is 9.59 Å². The molecule has 0 aliphatic heterocycles. The first-order chi connectivity index (χ1) is 12.7. The van der Waals surface area contributed by atoms with Crippen molar-refractivity contribution in [3.05, 3.63) is 34.4 Å². The SMILES string of the molecule is CCC(OC(=O)c1cc(C)c(C)cc1C(=O)OC(CC)C(C)(C)C)C(C)(C)C. The summed E-state index contributed by atoms with van der Waals surface area (Å²) in [5.74, 6) is -0.943. The standard InChI is InChI=1S/C24H38O4/c1-11-19(23(5,6)7)27-21(25)17-13-15(3)16(4)14-18(17)22(26)28-20(12-2)24(8,9)10/h13-14,19-20H,11-12H2,1-10H3. The number of carbonyl (C=O) groups is 2. The minimum absolute atomic E-state index is 0.176. The Bertz CT molecular complexity index is 644. The highest BCUT2D eigenvalue weighted by molar-refractivity contribution is 6.03. The minimum Gasteiger partial charge on any atom is -0.458 e. The summed E-state index contributed by atoms with van der Waals surface area (Å²) in [5, 5.41) is 0. The highest BCUT2D eigenvalue weighted by Gasteiger charge is 2.31. The van der Waals surface area contributed by atoms with E-state index in [1.165, 1.54) is 0 Å². The molecule has 28 heavy (non-hydrogen) atoms. The van der Waals surface area contributed by atoms with Crippen molar-refractivity contribution in [2.45, 2.75) is 94.3 Å². The van der Waals surface area contributed by atoms with Crippen molar-refractivity contribution in [1.29, 1.82) is 0 Å². The number of benzene rings is 1. The number of carbonyl (C=O) groups excluding carboxylic acids is 2. The molecular weight excluding hydrogens is 352 g/mol. The molecule has 0 radical (unpaired) electrons. The van der Waals surface area contributed by atoms with Gasteiger partial charge in [-0.3, -0.25) is 0 Å². The Labute approximate surface area is 171 Å². The zero-order valence-electron chi connectivity index (χ0n) is 19.4. The van der Waals surface area contributed by atoms with E-state index in [0.29, 0.717) is 12.8 Å². The van der Waals surface area contributed by atoms with Crippen LogP contribution in [-0.2, 0) is 9.47 Å². The van der Waals surface area contributed by atoms with Gasteiger partial charge < -0.3 is 9.47 Å². The third-order valence-electron chi connectivity index (χ3n) is 5.25. The van der Waals surface area contributed by atoms with Crippen LogP contribution in [0.25, 0.3) is 0 Å². The summed E-state index contributed by atoms with van der Waals surface area (Å²) >= 11 is 0. The van der Waals surface area contributed by atoms with Gasteiger partial charge >= 0.3 is 11.9 Å². The Balaban J connectivity index is 3.28. The Hall–Kier alpha value is -1.84. The van der Waals surface area contributed by atoms with Crippen LogP contribution in [0.3, 0.4) is 0 Å². The summed E-state index contributed by atoms with van der Waals surface area (Å²) in [4.78, 5) is 25.9. The number of ether oxygens (including phenoxy) is 2. The van der Waals surface area contributed by atoms with E-state index in [2.05, 4.69) is 0 Å². The summed E-state index contributed by atoms with van der Waals surface area (Å²) in [5.41, 5.74) is 2.08. The normalized spacial score (nSPS) is 14.4. The molecule has 0 fully saturated rings. The summed E-state index contributed by atoms with van der Waals surface area (Å²) in [6, 6.07) is 3.48. The van der Waals surface area contributed by atoms with Crippen molar-refractivity contribution in [2.24, 2.45) is 10.8 Å². The van der Waals surface area contributed by atoms with Gasteiger partial charge in [-0.2, -0.15) is 0 Å². The summed E-state index contributed by atoms with van der Waals surface area (Å²) in [6.07, 6.45) is 0.954. The Morgan fingerprint density at radius 1 is 0.750 bits per heavy atom. The molecule has 1 rings (SSSR count). The lowest BCUT2D eigenvalue weighted by Gasteiger charge is -2.30. The van der Waals surface area contributed by atoms with E-state index in [9.17, 15) is 9.59 Å². The molecule has 0 heterocycles. The molecule has 158 valence electrons. The molecule has 4 nitrogen and oxygen atoms in total. The summed E-state index contributed by atoms with van der Waals surface area (Å²) < 4.78 is 11.6. The number of rotatable bonds is 6. The second-order valence-corrected chi connectivity index (χ2v) is 9.82. The van der Waals surface area contributed by atoms with Crippen LogP contribution < -0.4 is 0 Å². The van der Waals surface area contributed by atoms with Crippen LogP contribution in [0.15, 0.2) is 12.1 Å². The average Bonchev–Trinajstić information content (AvgIpc) is 2.56. The molecule has 2 unspecified atom stereocenters. The molecule has 4 heteroatoms. The van der Waals surface area contributed by atoms with Gasteiger partial charge in [0, 0.05) is 0 Å². The van der Waals surface area contributed by atoms with Crippen LogP contribution in [0.2, 0.25) is 0 Å². The van der Waals surface area contributed by atoms with Crippen molar-refractivity contribution in [3.8, 4) is 0 Å². The van der Waals surface area contributed by atoms with E-state index in [1.54, 1.807) is 12.1 Å². The second kappa shape index (κ2) is 9.11. The first kappa shape index (κ1) is 24.2.